The van der Waals surface area contributed by atoms with E-state index in [9.17, 15) is 4.79 Å². The largest absolute Gasteiger partial charge is 0.497 e. The number of ether oxygens (including phenoxy) is 1. The van der Waals surface area contributed by atoms with E-state index in [0.29, 0.717) is 4.96 Å². The molecule has 1 N–H and O–H groups in total. The van der Waals surface area contributed by atoms with Gasteiger partial charge in [-0.1, -0.05) is 49.7 Å². The number of hydrogen-bond donors (Lipinski definition) is 1. The summed E-state index contributed by atoms with van der Waals surface area (Å²) in [6, 6.07) is 10.0. The molecule has 3 aromatic rings. The Morgan fingerprint density at radius 1 is 1.21 bits per heavy atom. The van der Waals surface area contributed by atoms with E-state index in [1.165, 1.54) is 40.7 Å². The van der Waals surface area contributed by atoms with Crippen LogP contribution >= 0.6 is 11.3 Å². The number of anilines is 1. The van der Waals surface area contributed by atoms with E-state index in [1.54, 1.807) is 13.2 Å². The van der Waals surface area contributed by atoms with Gasteiger partial charge in [0.05, 0.1) is 7.11 Å². The van der Waals surface area contributed by atoms with Gasteiger partial charge in [-0.15, -0.1) is 5.10 Å². The average Bonchev–Trinajstić information content (AvgIpc) is 3.17. The Kier molecular flexibility index (Phi) is 5.35. The molecule has 0 aliphatic heterocycles. The molecular formula is C21H26N4O2S. The highest BCUT2D eigenvalue weighted by atomic mass is 32.1. The predicted molar refractivity (Wildman–Crippen MR) is 113 cm³/mol. The first-order valence-electron chi connectivity index (χ1n) is 9.92. The third-order valence-corrected chi connectivity index (χ3v) is 6.62. The van der Waals surface area contributed by atoms with Crippen LogP contribution in [0.4, 0.5) is 5.13 Å². The maximum atomic E-state index is 12.3. The first kappa shape index (κ1) is 18.9. The van der Waals surface area contributed by atoms with Crippen LogP contribution in [0.25, 0.3) is 4.96 Å². The Labute approximate surface area is 168 Å². The number of hydrogen-bond acceptors (Lipinski definition) is 6. The Morgan fingerprint density at radius 3 is 2.64 bits per heavy atom. The summed E-state index contributed by atoms with van der Waals surface area (Å²) >= 11 is 1.44. The maximum absolute atomic E-state index is 12.3. The van der Waals surface area contributed by atoms with Gasteiger partial charge >= 0.3 is 0 Å². The average molecular weight is 399 g/mol. The summed E-state index contributed by atoms with van der Waals surface area (Å²) in [7, 11) is 1.69. The van der Waals surface area contributed by atoms with E-state index in [2.05, 4.69) is 27.5 Å². The van der Waals surface area contributed by atoms with Crippen LogP contribution < -0.4 is 15.6 Å². The lowest BCUT2D eigenvalue weighted by Gasteiger charge is -2.38. The zero-order chi connectivity index (χ0) is 19.6. The molecule has 0 radical (unpaired) electrons. The van der Waals surface area contributed by atoms with E-state index in [1.807, 2.05) is 19.1 Å². The molecule has 0 spiro atoms. The third-order valence-electron chi connectivity index (χ3n) is 5.75. The maximum Gasteiger partial charge on any atom is 0.275 e. The zero-order valence-electron chi connectivity index (χ0n) is 16.4. The molecule has 1 aliphatic carbocycles. The summed E-state index contributed by atoms with van der Waals surface area (Å²) in [6.07, 6.45) is 6.79. The van der Waals surface area contributed by atoms with E-state index in [4.69, 9.17) is 4.74 Å². The lowest BCUT2D eigenvalue weighted by molar-refractivity contribution is 0.307. The Balaban J connectivity index is 1.60. The number of nitrogens with zero attached hydrogens (tertiary/aromatic N) is 3. The van der Waals surface area contributed by atoms with Crippen molar-refractivity contribution in [1.29, 1.82) is 0 Å². The monoisotopic (exact) mass is 398 g/mol. The second-order valence-corrected chi connectivity index (χ2v) is 8.42. The van der Waals surface area contributed by atoms with Crippen molar-refractivity contribution in [3.63, 3.8) is 0 Å². The molecule has 2 heterocycles. The van der Waals surface area contributed by atoms with Crippen molar-refractivity contribution in [2.45, 2.75) is 50.9 Å². The number of nitrogens with one attached hydrogen (secondary N) is 1. The normalized spacial score (nSPS) is 16.2. The minimum atomic E-state index is -0.117. The summed E-state index contributed by atoms with van der Waals surface area (Å²) in [4.78, 5) is 17.4. The van der Waals surface area contributed by atoms with Gasteiger partial charge in [0.1, 0.15) is 5.75 Å². The van der Waals surface area contributed by atoms with Gasteiger partial charge < -0.3 is 10.1 Å². The number of fused-ring (bicyclic) bond motifs is 1. The molecule has 0 atom stereocenters. The van der Waals surface area contributed by atoms with Gasteiger partial charge in [-0.2, -0.15) is 4.52 Å². The standard InChI is InChI=1S/C21H26N4O2S/c1-3-16-13-18(26)25-20(23-16)28-19(24-25)22-14-21(11-5-4-6-12-21)15-7-9-17(27-2)10-8-15/h7-10,13H,3-6,11-12,14H2,1-2H3,(H,22,24). The number of aryl methyl sites for hydroxylation is 1. The lowest BCUT2D eigenvalue weighted by atomic mass is 9.69. The van der Waals surface area contributed by atoms with Crippen molar-refractivity contribution in [1.82, 2.24) is 14.6 Å². The van der Waals surface area contributed by atoms with Crippen molar-refractivity contribution >= 4 is 21.4 Å². The summed E-state index contributed by atoms with van der Waals surface area (Å²) in [5.74, 6) is 0.881. The molecule has 2 aromatic heterocycles. The number of methoxy groups -OCH3 is 1. The molecule has 0 unspecified atom stereocenters. The van der Waals surface area contributed by atoms with Gasteiger partial charge in [0.25, 0.3) is 5.56 Å². The number of rotatable bonds is 6. The molecule has 1 fully saturated rings. The third kappa shape index (κ3) is 3.63. The van der Waals surface area contributed by atoms with E-state index < -0.39 is 0 Å². The first-order valence-corrected chi connectivity index (χ1v) is 10.7. The fourth-order valence-corrected chi connectivity index (χ4v) is 4.91. The van der Waals surface area contributed by atoms with Gasteiger partial charge in [0, 0.05) is 23.7 Å². The van der Waals surface area contributed by atoms with Crippen LogP contribution in [0, 0.1) is 0 Å². The van der Waals surface area contributed by atoms with E-state index in [-0.39, 0.29) is 11.0 Å². The van der Waals surface area contributed by atoms with Gasteiger partial charge in [-0.25, -0.2) is 4.98 Å². The molecule has 0 saturated heterocycles. The first-order chi connectivity index (χ1) is 13.6. The van der Waals surface area contributed by atoms with Crippen LogP contribution in [-0.2, 0) is 11.8 Å². The molecule has 0 bridgehead atoms. The molecule has 7 heteroatoms. The molecule has 1 aliphatic rings. The highest BCUT2D eigenvalue weighted by molar-refractivity contribution is 7.20. The van der Waals surface area contributed by atoms with Crippen LogP contribution in [0.15, 0.2) is 35.1 Å². The molecule has 28 heavy (non-hydrogen) atoms. The van der Waals surface area contributed by atoms with Crippen molar-refractivity contribution in [3.05, 3.63) is 51.9 Å². The molecule has 4 rings (SSSR count). The summed E-state index contributed by atoms with van der Waals surface area (Å²) in [6.45, 7) is 2.80. The summed E-state index contributed by atoms with van der Waals surface area (Å²) < 4.78 is 6.72. The highest BCUT2D eigenvalue weighted by Gasteiger charge is 2.34. The zero-order valence-corrected chi connectivity index (χ0v) is 17.2. The molecule has 1 saturated carbocycles. The summed E-state index contributed by atoms with van der Waals surface area (Å²) in [5, 5.41) is 8.71. The fraction of sp³-hybridized carbons (Fsp3) is 0.476. The van der Waals surface area contributed by atoms with Crippen LogP contribution in [0.3, 0.4) is 0 Å². The fourth-order valence-electron chi connectivity index (χ4n) is 4.09. The van der Waals surface area contributed by atoms with Gasteiger partial charge in [0.2, 0.25) is 10.1 Å². The summed E-state index contributed by atoms with van der Waals surface area (Å²) in [5.41, 5.74) is 2.11. The lowest BCUT2D eigenvalue weighted by Crippen LogP contribution is -2.36. The van der Waals surface area contributed by atoms with Crippen molar-refractivity contribution in [2.24, 2.45) is 0 Å². The van der Waals surface area contributed by atoms with Gasteiger partial charge in [0.15, 0.2) is 0 Å². The highest BCUT2D eigenvalue weighted by Crippen LogP contribution is 2.40. The molecule has 148 valence electrons. The Hall–Kier alpha value is -2.41. The molecule has 0 amide bonds. The molecule has 1 aromatic carbocycles. The second kappa shape index (κ2) is 7.91. The van der Waals surface area contributed by atoms with Crippen molar-refractivity contribution in [2.75, 3.05) is 19.0 Å². The molecule has 6 nitrogen and oxygen atoms in total. The van der Waals surface area contributed by atoms with Crippen LogP contribution in [0.2, 0.25) is 0 Å². The van der Waals surface area contributed by atoms with Gasteiger partial charge in [-0.3, -0.25) is 4.79 Å². The number of benzene rings is 1. The second-order valence-electron chi connectivity index (χ2n) is 7.46. The smallest absolute Gasteiger partial charge is 0.275 e. The van der Waals surface area contributed by atoms with Crippen LogP contribution in [0.1, 0.15) is 50.3 Å². The van der Waals surface area contributed by atoms with Crippen LogP contribution in [-0.4, -0.2) is 28.3 Å². The van der Waals surface area contributed by atoms with Crippen molar-refractivity contribution < 1.29 is 4.74 Å². The predicted octanol–water partition coefficient (Wildman–Crippen LogP) is 4.04. The minimum Gasteiger partial charge on any atom is -0.497 e. The Bertz CT molecular complexity index is 1000. The van der Waals surface area contributed by atoms with Gasteiger partial charge in [-0.05, 0) is 37.0 Å². The molecular weight excluding hydrogens is 372 g/mol. The SMILES string of the molecule is CCc1cc(=O)n2nc(NCC3(c4ccc(OC)cc4)CCCCC3)sc2n1. The van der Waals surface area contributed by atoms with E-state index >= 15 is 0 Å². The topological polar surface area (TPSA) is 68.5 Å². The van der Waals surface area contributed by atoms with E-state index in [0.717, 1.165) is 42.4 Å². The Morgan fingerprint density at radius 2 is 1.96 bits per heavy atom. The van der Waals surface area contributed by atoms with Crippen molar-refractivity contribution in [3.8, 4) is 5.75 Å². The minimum absolute atomic E-state index is 0.0787. The quantitative estimate of drug-likeness (QED) is 0.679. The van der Waals surface area contributed by atoms with Crippen LogP contribution in [0.5, 0.6) is 5.75 Å². The number of aromatic nitrogens is 3.